The fraction of sp³-hybridized carbons (Fsp3) is 0.476. The van der Waals surface area contributed by atoms with E-state index in [1.54, 1.807) is 10.7 Å². The molecule has 148 valence electrons. The molecule has 2 N–H and O–H groups in total. The highest BCUT2D eigenvalue weighted by molar-refractivity contribution is 6.04. The molecular formula is C21H27N5O2. The number of likely N-dealkylation sites (tertiary alicyclic amines) is 1. The van der Waals surface area contributed by atoms with Gasteiger partial charge < -0.3 is 15.5 Å². The number of carbonyl (C=O) groups is 2. The zero-order chi connectivity index (χ0) is 19.5. The first-order chi connectivity index (χ1) is 13.6. The van der Waals surface area contributed by atoms with Crippen LogP contribution in [0.5, 0.6) is 0 Å². The SMILES string of the molecule is Cn1cc([C@H]2CNC[C@@H]2C(=O)Nc2ccccc2C(=O)N2CCCCC2)cn1. The van der Waals surface area contributed by atoms with Crippen LogP contribution in [-0.2, 0) is 11.8 Å². The average molecular weight is 381 g/mol. The molecular weight excluding hydrogens is 354 g/mol. The van der Waals surface area contributed by atoms with Gasteiger partial charge in [-0.3, -0.25) is 14.3 Å². The number of carbonyl (C=O) groups excluding carboxylic acids is 2. The van der Waals surface area contributed by atoms with Gasteiger partial charge in [-0.05, 0) is 37.0 Å². The lowest BCUT2D eigenvalue weighted by atomic mass is 9.90. The summed E-state index contributed by atoms with van der Waals surface area (Å²) in [5.74, 6) is -0.164. The lowest BCUT2D eigenvalue weighted by Crippen LogP contribution is -2.36. The van der Waals surface area contributed by atoms with Gasteiger partial charge in [-0.2, -0.15) is 5.10 Å². The Morgan fingerprint density at radius 3 is 2.68 bits per heavy atom. The molecule has 2 saturated heterocycles. The lowest BCUT2D eigenvalue weighted by Gasteiger charge is -2.27. The summed E-state index contributed by atoms with van der Waals surface area (Å²) in [6, 6.07) is 7.32. The molecule has 2 atom stereocenters. The molecule has 28 heavy (non-hydrogen) atoms. The molecule has 0 saturated carbocycles. The second-order valence-electron chi connectivity index (χ2n) is 7.71. The summed E-state index contributed by atoms with van der Waals surface area (Å²) >= 11 is 0. The van der Waals surface area contributed by atoms with E-state index in [9.17, 15) is 9.59 Å². The number of benzene rings is 1. The Labute approximate surface area is 165 Å². The third kappa shape index (κ3) is 3.80. The summed E-state index contributed by atoms with van der Waals surface area (Å²) < 4.78 is 1.76. The van der Waals surface area contributed by atoms with E-state index in [1.165, 1.54) is 6.42 Å². The van der Waals surface area contributed by atoms with Crippen LogP contribution in [0.15, 0.2) is 36.7 Å². The second kappa shape index (κ2) is 8.14. The lowest BCUT2D eigenvalue weighted by molar-refractivity contribution is -0.119. The molecule has 0 bridgehead atoms. The molecule has 1 aromatic carbocycles. The van der Waals surface area contributed by atoms with Crippen LogP contribution in [0.1, 0.15) is 41.1 Å². The highest BCUT2D eigenvalue weighted by atomic mass is 16.2. The first-order valence-corrected chi connectivity index (χ1v) is 10.0. The van der Waals surface area contributed by atoms with E-state index < -0.39 is 0 Å². The number of para-hydroxylation sites is 1. The Morgan fingerprint density at radius 1 is 1.14 bits per heavy atom. The number of piperidine rings is 1. The smallest absolute Gasteiger partial charge is 0.255 e. The number of rotatable bonds is 4. The van der Waals surface area contributed by atoms with Gasteiger partial charge in [0.15, 0.2) is 0 Å². The molecule has 2 aliphatic heterocycles. The molecule has 0 radical (unpaired) electrons. The molecule has 2 fully saturated rings. The van der Waals surface area contributed by atoms with Crippen molar-refractivity contribution >= 4 is 17.5 Å². The number of nitrogens with zero attached hydrogens (tertiary/aromatic N) is 3. The zero-order valence-corrected chi connectivity index (χ0v) is 16.2. The fourth-order valence-electron chi connectivity index (χ4n) is 4.21. The Morgan fingerprint density at radius 2 is 1.93 bits per heavy atom. The maximum Gasteiger partial charge on any atom is 0.255 e. The van der Waals surface area contributed by atoms with Crippen molar-refractivity contribution < 1.29 is 9.59 Å². The molecule has 7 nitrogen and oxygen atoms in total. The molecule has 4 rings (SSSR count). The predicted molar refractivity (Wildman–Crippen MR) is 107 cm³/mol. The highest BCUT2D eigenvalue weighted by Gasteiger charge is 2.35. The van der Waals surface area contributed by atoms with Gasteiger partial charge >= 0.3 is 0 Å². The van der Waals surface area contributed by atoms with Crippen LogP contribution in [0.25, 0.3) is 0 Å². The zero-order valence-electron chi connectivity index (χ0n) is 16.2. The first kappa shape index (κ1) is 18.7. The molecule has 0 aliphatic carbocycles. The van der Waals surface area contributed by atoms with Crippen molar-refractivity contribution in [1.29, 1.82) is 0 Å². The van der Waals surface area contributed by atoms with E-state index in [0.29, 0.717) is 17.8 Å². The number of hydrogen-bond acceptors (Lipinski definition) is 4. The topological polar surface area (TPSA) is 79.3 Å². The van der Waals surface area contributed by atoms with Crippen LogP contribution in [0.4, 0.5) is 5.69 Å². The molecule has 0 unspecified atom stereocenters. The Hall–Kier alpha value is -2.67. The van der Waals surface area contributed by atoms with Crippen molar-refractivity contribution in [3.8, 4) is 0 Å². The normalized spacial score (nSPS) is 22.2. The maximum absolute atomic E-state index is 13.1. The molecule has 1 aromatic heterocycles. The first-order valence-electron chi connectivity index (χ1n) is 10.0. The molecule has 0 spiro atoms. The van der Waals surface area contributed by atoms with Crippen LogP contribution in [0.3, 0.4) is 0 Å². The monoisotopic (exact) mass is 381 g/mol. The van der Waals surface area contributed by atoms with Crippen molar-refractivity contribution in [2.45, 2.75) is 25.2 Å². The second-order valence-corrected chi connectivity index (χ2v) is 7.71. The van der Waals surface area contributed by atoms with Crippen LogP contribution in [-0.4, -0.2) is 52.7 Å². The highest BCUT2D eigenvalue weighted by Crippen LogP contribution is 2.29. The van der Waals surface area contributed by atoms with Gasteiger partial charge in [0.25, 0.3) is 5.91 Å². The van der Waals surface area contributed by atoms with Crippen LogP contribution >= 0.6 is 0 Å². The minimum Gasteiger partial charge on any atom is -0.339 e. The van der Waals surface area contributed by atoms with Crippen LogP contribution in [0.2, 0.25) is 0 Å². The third-order valence-electron chi connectivity index (χ3n) is 5.76. The molecule has 3 heterocycles. The van der Waals surface area contributed by atoms with Crippen LogP contribution in [0, 0.1) is 5.92 Å². The summed E-state index contributed by atoms with van der Waals surface area (Å²) in [5, 5.41) is 10.6. The van der Waals surface area contributed by atoms with E-state index in [-0.39, 0.29) is 23.7 Å². The summed E-state index contributed by atoms with van der Waals surface area (Å²) in [7, 11) is 1.88. The van der Waals surface area contributed by atoms with Crippen molar-refractivity contribution in [3.05, 3.63) is 47.8 Å². The van der Waals surface area contributed by atoms with Crippen molar-refractivity contribution in [3.63, 3.8) is 0 Å². The average Bonchev–Trinajstić information content (AvgIpc) is 3.37. The number of nitrogens with one attached hydrogen (secondary N) is 2. The molecule has 7 heteroatoms. The largest absolute Gasteiger partial charge is 0.339 e. The Balaban J connectivity index is 1.51. The van der Waals surface area contributed by atoms with Gasteiger partial charge in [-0.25, -0.2) is 0 Å². The van der Waals surface area contributed by atoms with E-state index in [0.717, 1.165) is 38.0 Å². The predicted octanol–water partition coefficient (Wildman–Crippen LogP) is 1.99. The van der Waals surface area contributed by atoms with Gasteiger partial charge in [0.2, 0.25) is 5.91 Å². The Kier molecular flexibility index (Phi) is 5.43. The quantitative estimate of drug-likeness (QED) is 0.849. The minimum absolute atomic E-state index is 0.00366. The third-order valence-corrected chi connectivity index (χ3v) is 5.76. The Bertz CT molecular complexity index is 856. The van der Waals surface area contributed by atoms with Gasteiger partial charge in [-0.1, -0.05) is 12.1 Å². The van der Waals surface area contributed by atoms with Crippen molar-refractivity contribution in [2.75, 3.05) is 31.5 Å². The van der Waals surface area contributed by atoms with E-state index in [1.807, 2.05) is 42.5 Å². The maximum atomic E-state index is 13.1. The van der Waals surface area contributed by atoms with Gasteiger partial charge in [0, 0.05) is 45.3 Å². The number of aromatic nitrogens is 2. The van der Waals surface area contributed by atoms with Gasteiger partial charge in [0.1, 0.15) is 0 Å². The van der Waals surface area contributed by atoms with Gasteiger partial charge in [-0.15, -0.1) is 0 Å². The molecule has 2 aliphatic rings. The minimum atomic E-state index is -0.192. The van der Waals surface area contributed by atoms with Gasteiger partial charge in [0.05, 0.1) is 23.4 Å². The summed E-state index contributed by atoms with van der Waals surface area (Å²) in [5.41, 5.74) is 2.23. The molecule has 2 aromatic rings. The van der Waals surface area contributed by atoms with E-state index in [2.05, 4.69) is 15.7 Å². The number of aryl methyl sites for hydroxylation is 1. The fourth-order valence-corrected chi connectivity index (χ4v) is 4.21. The van der Waals surface area contributed by atoms with Crippen molar-refractivity contribution in [1.82, 2.24) is 20.0 Å². The van der Waals surface area contributed by atoms with E-state index in [4.69, 9.17) is 0 Å². The molecule has 2 amide bonds. The standard InChI is InChI=1S/C21H27N5O2/c1-25-14-15(11-23-25)17-12-22-13-18(17)20(27)24-19-8-4-3-7-16(19)21(28)26-9-5-2-6-10-26/h3-4,7-8,11,14,17-18,22H,2,5-6,9-10,12-13H2,1H3,(H,24,27)/t17-,18+/m1/s1. The number of amides is 2. The van der Waals surface area contributed by atoms with Crippen molar-refractivity contribution in [2.24, 2.45) is 13.0 Å². The number of anilines is 1. The summed E-state index contributed by atoms with van der Waals surface area (Å²) in [6.07, 6.45) is 7.05. The number of hydrogen-bond donors (Lipinski definition) is 2. The summed E-state index contributed by atoms with van der Waals surface area (Å²) in [6.45, 7) is 2.94. The van der Waals surface area contributed by atoms with Crippen LogP contribution < -0.4 is 10.6 Å². The van der Waals surface area contributed by atoms with E-state index >= 15 is 0 Å². The summed E-state index contributed by atoms with van der Waals surface area (Å²) in [4.78, 5) is 27.9.